The van der Waals surface area contributed by atoms with E-state index in [4.69, 9.17) is 14.2 Å². The molecule has 3 amide bonds. The zero-order chi connectivity index (χ0) is 20.5. The van der Waals surface area contributed by atoms with Gasteiger partial charge in [-0.3, -0.25) is 24.1 Å². The maximum atomic E-state index is 12.4. The molecule has 0 spiro atoms. The van der Waals surface area contributed by atoms with E-state index < -0.39 is 36.4 Å². The zero-order valence-corrected chi connectivity index (χ0v) is 15.8. The fraction of sp³-hybridized carbons (Fsp3) is 0.400. The topological polar surface area (TPSA) is 111 Å². The first-order chi connectivity index (χ1) is 13.9. The highest BCUT2D eigenvalue weighted by Crippen LogP contribution is 2.35. The molecule has 0 saturated carbocycles. The number of benzene rings is 1. The van der Waals surface area contributed by atoms with Crippen LogP contribution in [0.2, 0.25) is 0 Å². The number of carbonyl (C=O) groups excluding carboxylic acids is 4. The Balaban J connectivity index is 1.32. The summed E-state index contributed by atoms with van der Waals surface area (Å²) in [6, 6.07) is 4.90. The van der Waals surface area contributed by atoms with E-state index in [-0.39, 0.29) is 18.6 Å². The number of hydrogen-bond donors (Lipinski definition) is 1. The number of imide groups is 1. The van der Waals surface area contributed by atoms with E-state index in [9.17, 15) is 19.2 Å². The van der Waals surface area contributed by atoms with Crippen LogP contribution in [0.3, 0.4) is 0 Å². The van der Waals surface area contributed by atoms with E-state index in [1.54, 1.807) is 18.2 Å². The number of amides is 3. The molecule has 0 unspecified atom stereocenters. The Morgan fingerprint density at radius 1 is 1.14 bits per heavy atom. The van der Waals surface area contributed by atoms with Crippen LogP contribution in [-0.4, -0.2) is 48.0 Å². The summed E-state index contributed by atoms with van der Waals surface area (Å²) in [6.07, 6.45) is 3.63. The monoisotopic (exact) mass is 400 g/mol. The van der Waals surface area contributed by atoms with Gasteiger partial charge in [-0.25, -0.2) is 0 Å². The molecular formula is C20H20N2O7. The number of anilines is 1. The molecule has 0 radical (unpaired) electrons. The first-order valence-electron chi connectivity index (χ1n) is 9.34. The Morgan fingerprint density at radius 2 is 1.79 bits per heavy atom. The largest absolute Gasteiger partial charge is 0.454 e. The molecule has 3 aliphatic rings. The summed E-state index contributed by atoms with van der Waals surface area (Å²) in [7, 11) is 0. The van der Waals surface area contributed by atoms with Crippen molar-refractivity contribution in [2.24, 2.45) is 11.8 Å². The molecule has 0 aromatic heterocycles. The van der Waals surface area contributed by atoms with E-state index in [0.717, 1.165) is 4.90 Å². The quantitative estimate of drug-likeness (QED) is 0.450. The average molecular weight is 400 g/mol. The normalized spacial score (nSPS) is 23.0. The van der Waals surface area contributed by atoms with Gasteiger partial charge in [-0.15, -0.1) is 0 Å². The van der Waals surface area contributed by atoms with Gasteiger partial charge < -0.3 is 19.5 Å². The molecule has 1 fully saturated rings. The molecule has 0 bridgehead atoms. The third-order valence-electron chi connectivity index (χ3n) is 5.20. The molecule has 9 heteroatoms. The summed E-state index contributed by atoms with van der Waals surface area (Å²) in [5.41, 5.74) is 0.462. The third kappa shape index (κ3) is 3.67. The minimum atomic E-state index is -1.11. The minimum Gasteiger partial charge on any atom is -0.454 e. The van der Waals surface area contributed by atoms with Gasteiger partial charge in [-0.05, 0) is 31.9 Å². The molecule has 1 aliphatic carbocycles. The van der Waals surface area contributed by atoms with Crippen LogP contribution in [0.5, 0.6) is 11.5 Å². The van der Waals surface area contributed by atoms with Crippen LogP contribution in [-0.2, 0) is 23.9 Å². The zero-order valence-electron chi connectivity index (χ0n) is 15.8. The van der Waals surface area contributed by atoms with Gasteiger partial charge in [0.15, 0.2) is 17.6 Å². The number of rotatable bonds is 5. The highest BCUT2D eigenvalue weighted by molar-refractivity contribution is 6.07. The van der Waals surface area contributed by atoms with Crippen LogP contribution in [0.25, 0.3) is 0 Å². The van der Waals surface area contributed by atoms with Crippen molar-refractivity contribution in [3.63, 3.8) is 0 Å². The SMILES string of the molecule is C[C@@H](OC(=O)CN1C(=O)[C@H]2CC=CC[C@@H]2C1=O)C(=O)Nc1ccc2c(c1)OCO2. The summed E-state index contributed by atoms with van der Waals surface area (Å²) < 4.78 is 15.6. The second-order valence-electron chi connectivity index (χ2n) is 7.11. The lowest BCUT2D eigenvalue weighted by molar-refractivity contribution is -0.158. The van der Waals surface area contributed by atoms with Crippen LogP contribution in [0, 0.1) is 11.8 Å². The van der Waals surface area contributed by atoms with Gasteiger partial charge >= 0.3 is 5.97 Å². The average Bonchev–Trinajstić information content (AvgIpc) is 3.26. The lowest BCUT2D eigenvalue weighted by Gasteiger charge is -2.17. The van der Waals surface area contributed by atoms with E-state index in [0.29, 0.717) is 30.0 Å². The molecule has 9 nitrogen and oxygen atoms in total. The molecule has 2 heterocycles. The van der Waals surface area contributed by atoms with Crippen molar-refractivity contribution in [3.05, 3.63) is 30.4 Å². The minimum absolute atomic E-state index is 0.118. The summed E-state index contributed by atoms with van der Waals surface area (Å²) in [5, 5.41) is 2.62. The maximum absolute atomic E-state index is 12.4. The maximum Gasteiger partial charge on any atom is 0.326 e. The van der Waals surface area contributed by atoms with Crippen molar-refractivity contribution in [2.45, 2.75) is 25.9 Å². The Labute approximate surface area is 166 Å². The summed E-state index contributed by atoms with van der Waals surface area (Å²) in [6.45, 7) is 1.04. The molecule has 1 aromatic rings. The molecule has 1 saturated heterocycles. The number of nitrogens with zero attached hydrogens (tertiary/aromatic N) is 1. The fourth-order valence-electron chi connectivity index (χ4n) is 3.66. The first-order valence-corrected chi connectivity index (χ1v) is 9.34. The highest BCUT2D eigenvalue weighted by atomic mass is 16.7. The Bertz CT molecular complexity index is 884. The van der Waals surface area contributed by atoms with E-state index in [2.05, 4.69) is 5.32 Å². The number of likely N-dealkylation sites (tertiary alicyclic amines) is 1. The smallest absolute Gasteiger partial charge is 0.326 e. The van der Waals surface area contributed by atoms with Crippen molar-refractivity contribution < 1.29 is 33.4 Å². The van der Waals surface area contributed by atoms with Gasteiger partial charge in [-0.2, -0.15) is 0 Å². The predicted octanol–water partition coefficient (Wildman–Crippen LogP) is 1.24. The van der Waals surface area contributed by atoms with Crippen LogP contribution in [0.1, 0.15) is 19.8 Å². The van der Waals surface area contributed by atoms with Gasteiger partial charge in [-0.1, -0.05) is 12.2 Å². The highest BCUT2D eigenvalue weighted by Gasteiger charge is 2.47. The van der Waals surface area contributed by atoms with Gasteiger partial charge in [0.2, 0.25) is 18.6 Å². The Hall–Kier alpha value is -3.36. The first kappa shape index (κ1) is 19.0. The summed E-state index contributed by atoms with van der Waals surface area (Å²) in [4.78, 5) is 50.3. The predicted molar refractivity (Wildman–Crippen MR) is 98.8 cm³/mol. The Morgan fingerprint density at radius 3 is 2.48 bits per heavy atom. The summed E-state index contributed by atoms with van der Waals surface area (Å²) >= 11 is 0. The van der Waals surface area contributed by atoms with Gasteiger partial charge in [0.25, 0.3) is 5.91 Å². The van der Waals surface area contributed by atoms with Crippen molar-refractivity contribution in [1.82, 2.24) is 4.90 Å². The second-order valence-corrected chi connectivity index (χ2v) is 7.11. The van der Waals surface area contributed by atoms with E-state index in [1.165, 1.54) is 6.92 Å². The molecule has 1 aromatic carbocycles. The van der Waals surface area contributed by atoms with Crippen LogP contribution in [0.15, 0.2) is 30.4 Å². The number of carbonyl (C=O) groups is 4. The number of esters is 1. The van der Waals surface area contributed by atoms with Crippen LogP contribution < -0.4 is 14.8 Å². The third-order valence-corrected chi connectivity index (χ3v) is 5.20. The molecule has 1 N–H and O–H groups in total. The van der Waals surface area contributed by atoms with Crippen molar-refractivity contribution in [2.75, 3.05) is 18.7 Å². The van der Waals surface area contributed by atoms with Crippen LogP contribution in [0.4, 0.5) is 5.69 Å². The standard InChI is InChI=1S/C20H20N2O7/c1-11(18(24)21-12-6-7-15-16(8-12)28-10-27-15)29-17(23)9-22-19(25)13-4-2-3-5-14(13)20(22)26/h2-3,6-8,11,13-14H,4-5,9-10H2,1H3,(H,21,24)/t11-,13+,14+/m1/s1. The number of hydrogen-bond acceptors (Lipinski definition) is 7. The number of allylic oxidation sites excluding steroid dienone is 2. The van der Waals surface area contributed by atoms with Gasteiger partial charge in [0.05, 0.1) is 11.8 Å². The number of ether oxygens (including phenoxy) is 3. The van der Waals surface area contributed by atoms with Crippen molar-refractivity contribution in [1.29, 1.82) is 0 Å². The Kier molecular flexibility index (Phi) is 4.96. The van der Waals surface area contributed by atoms with Crippen LogP contribution >= 0.6 is 0 Å². The van der Waals surface area contributed by atoms with Gasteiger partial charge in [0.1, 0.15) is 6.54 Å². The molecule has 2 aliphatic heterocycles. The molecule has 152 valence electrons. The lowest BCUT2D eigenvalue weighted by Crippen LogP contribution is -2.39. The van der Waals surface area contributed by atoms with Crippen molar-refractivity contribution in [3.8, 4) is 11.5 Å². The van der Waals surface area contributed by atoms with E-state index in [1.807, 2.05) is 12.2 Å². The molecular weight excluding hydrogens is 380 g/mol. The van der Waals surface area contributed by atoms with Crippen molar-refractivity contribution >= 4 is 29.4 Å². The number of fused-ring (bicyclic) bond motifs is 2. The molecule has 3 atom stereocenters. The van der Waals surface area contributed by atoms with Gasteiger partial charge in [0, 0.05) is 11.8 Å². The summed E-state index contributed by atoms with van der Waals surface area (Å²) in [5.74, 6) is -1.81. The molecule has 29 heavy (non-hydrogen) atoms. The second kappa shape index (κ2) is 7.57. The lowest BCUT2D eigenvalue weighted by atomic mass is 9.85. The molecule has 4 rings (SSSR count). The van der Waals surface area contributed by atoms with E-state index >= 15 is 0 Å². The number of nitrogens with one attached hydrogen (secondary N) is 1. The fourth-order valence-corrected chi connectivity index (χ4v) is 3.66.